The molecule has 1 fully saturated rings. The van der Waals surface area contributed by atoms with E-state index in [1.165, 1.54) is 12.7 Å². The Kier molecular flexibility index (Phi) is 6.36. The summed E-state index contributed by atoms with van der Waals surface area (Å²) in [6.07, 6.45) is 2.28. The molecule has 5 nitrogen and oxygen atoms in total. The Bertz CT molecular complexity index is 782. The van der Waals surface area contributed by atoms with Crippen LogP contribution in [0.4, 0.5) is 0 Å². The summed E-state index contributed by atoms with van der Waals surface area (Å²) in [5.74, 6) is -0.342. The number of hydrogen-bond acceptors (Lipinski definition) is 5. The average molecular weight is 386 g/mol. The summed E-state index contributed by atoms with van der Waals surface area (Å²) in [5, 5.41) is 0. The maximum absolute atomic E-state index is 13.5. The Labute approximate surface area is 167 Å². The molecule has 152 valence electrons. The van der Waals surface area contributed by atoms with Crippen molar-refractivity contribution in [1.29, 1.82) is 0 Å². The summed E-state index contributed by atoms with van der Waals surface area (Å²) in [6, 6.07) is 4.26. The van der Waals surface area contributed by atoms with Gasteiger partial charge in [0, 0.05) is 13.0 Å². The third kappa shape index (κ3) is 3.78. The highest BCUT2D eigenvalue weighted by Crippen LogP contribution is 2.46. The molecule has 1 aliphatic carbocycles. The van der Waals surface area contributed by atoms with E-state index in [0.717, 1.165) is 29.5 Å². The van der Waals surface area contributed by atoms with Crippen molar-refractivity contribution in [2.24, 2.45) is 11.8 Å². The number of ketones is 1. The van der Waals surface area contributed by atoms with Crippen LogP contribution in [0.25, 0.3) is 5.57 Å². The van der Waals surface area contributed by atoms with E-state index in [9.17, 15) is 9.59 Å². The molecule has 1 aromatic rings. The normalized spacial score (nSPS) is 24.5. The molecule has 0 saturated carbocycles. The van der Waals surface area contributed by atoms with Crippen LogP contribution in [0.15, 0.2) is 17.9 Å². The lowest BCUT2D eigenvalue weighted by atomic mass is 9.85. The van der Waals surface area contributed by atoms with Gasteiger partial charge in [-0.1, -0.05) is 31.5 Å². The van der Waals surface area contributed by atoms with E-state index < -0.39 is 5.97 Å². The summed E-state index contributed by atoms with van der Waals surface area (Å²) in [6.45, 7) is 8.49. The molecule has 3 unspecified atom stereocenters. The zero-order valence-corrected chi connectivity index (χ0v) is 17.5. The van der Waals surface area contributed by atoms with Gasteiger partial charge in [-0.2, -0.15) is 0 Å². The minimum Gasteiger partial charge on any atom is -0.428 e. The molecule has 1 aromatic carbocycles. The predicted octanol–water partition coefficient (Wildman–Crippen LogP) is 3.64. The number of ether oxygens (including phenoxy) is 3. The first-order chi connectivity index (χ1) is 13.4. The average Bonchev–Trinajstić information content (AvgIpc) is 2.92. The number of carbonyl (C=O) groups excluding carboxylic acids is 2. The van der Waals surface area contributed by atoms with Crippen molar-refractivity contribution < 1.29 is 23.8 Å². The number of fused-ring (bicyclic) bond motifs is 1. The Morgan fingerprint density at radius 2 is 1.82 bits per heavy atom. The molecule has 5 heteroatoms. The summed E-state index contributed by atoms with van der Waals surface area (Å²) < 4.78 is 16.5. The zero-order chi connectivity index (χ0) is 20.4. The second-order valence-electron chi connectivity index (χ2n) is 7.77. The first kappa shape index (κ1) is 20.7. The molecule has 3 rings (SSSR count). The number of Topliss-reactive ketones (excluding diaryl/α,β-unsaturated/α-hetero) is 1. The lowest BCUT2D eigenvalue weighted by Gasteiger charge is -2.30. The Balaban J connectivity index is 2.18. The van der Waals surface area contributed by atoms with Gasteiger partial charge < -0.3 is 14.2 Å². The summed E-state index contributed by atoms with van der Waals surface area (Å²) in [5.41, 5.74) is 4.94. The number of methoxy groups -OCH3 is 1. The molecule has 1 heterocycles. The van der Waals surface area contributed by atoms with Gasteiger partial charge >= 0.3 is 5.97 Å². The topological polar surface area (TPSA) is 61.8 Å². The van der Waals surface area contributed by atoms with E-state index in [1.807, 2.05) is 6.92 Å². The quantitative estimate of drug-likeness (QED) is 0.699. The molecular weight excluding hydrogens is 356 g/mol. The molecule has 2 aliphatic rings. The molecule has 0 N–H and O–H groups in total. The van der Waals surface area contributed by atoms with Crippen molar-refractivity contribution >= 4 is 17.3 Å². The van der Waals surface area contributed by atoms with Crippen molar-refractivity contribution in [3.63, 3.8) is 0 Å². The SMILES string of the molecule is CCc1cc(C)cc(CC)c1C1=C(OC(=O)COC)C2COC(C)CC2C1=O. The lowest BCUT2D eigenvalue weighted by molar-refractivity contribution is -0.146. The summed E-state index contributed by atoms with van der Waals surface area (Å²) >= 11 is 0. The molecule has 28 heavy (non-hydrogen) atoms. The number of rotatable bonds is 6. The lowest BCUT2D eigenvalue weighted by Crippen LogP contribution is -2.34. The Morgan fingerprint density at radius 1 is 1.18 bits per heavy atom. The van der Waals surface area contributed by atoms with E-state index in [1.54, 1.807) is 0 Å². The molecule has 0 aromatic heterocycles. The Hall–Kier alpha value is -1.98. The van der Waals surface area contributed by atoms with Crippen molar-refractivity contribution in [3.05, 3.63) is 40.1 Å². The summed E-state index contributed by atoms with van der Waals surface area (Å²) in [7, 11) is 1.45. The monoisotopic (exact) mass is 386 g/mol. The van der Waals surface area contributed by atoms with E-state index in [0.29, 0.717) is 24.4 Å². The van der Waals surface area contributed by atoms with Gasteiger partial charge in [-0.05, 0) is 49.8 Å². The second kappa shape index (κ2) is 8.58. The number of carbonyl (C=O) groups is 2. The van der Waals surface area contributed by atoms with E-state index >= 15 is 0 Å². The van der Waals surface area contributed by atoms with Crippen LogP contribution >= 0.6 is 0 Å². The minimum absolute atomic E-state index is 0.0229. The third-order valence-electron chi connectivity index (χ3n) is 5.74. The van der Waals surface area contributed by atoms with E-state index in [4.69, 9.17) is 14.2 Å². The number of benzene rings is 1. The van der Waals surface area contributed by atoms with Crippen molar-refractivity contribution in [3.8, 4) is 0 Å². The maximum Gasteiger partial charge on any atom is 0.337 e. The number of esters is 1. The second-order valence-corrected chi connectivity index (χ2v) is 7.77. The predicted molar refractivity (Wildman–Crippen MR) is 107 cm³/mol. The zero-order valence-electron chi connectivity index (χ0n) is 17.5. The van der Waals surface area contributed by atoms with Gasteiger partial charge in [0.05, 0.1) is 24.2 Å². The highest BCUT2D eigenvalue weighted by Gasteiger charge is 2.48. The molecule has 3 atom stereocenters. The molecular formula is C23H30O5. The van der Waals surface area contributed by atoms with Gasteiger partial charge in [0.2, 0.25) is 0 Å². The first-order valence-corrected chi connectivity index (χ1v) is 10.1. The third-order valence-corrected chi connectivity index (χ3v) is 5.74. The van der Waals surface area contributed by atoms with Gasteiger partial charge in [-0.15, -0.1) is 0 Å². The maximum atomic E-state index is 13.5. The molecule has 0 radical (unpaired) electrons. The van der Waals surface area contributed by atoms with E-state index in [2.05, 4.69) is 32.9 Å². The van der Waals surface area contributed by atoms with Gasteiger partial charge in [-0.25, -0.2) is 4.79 Å². The molecule has 0 bridgehead atoms. The van der Waals surface area contributed by atoms with Gasteiger partial charge in [0.1, 0.15) is 12.4 Å². The molecule has 1 aliphatic heterocycles. The van der Waals surface area contributed by atoms with Gasteiger partial charge in [0.15, 0.2) is 5.78 Å². The summed E-state index contributed by atoms with van der Waals surface area (Å²) in [4.78, 5) is 25.8. The van der Waals surface area contributed by atoms with Crippen LogP contribution in [0.3, 0.4) is 0 Å². The van der Waals surface area contributed by atoms with Crippen LogP contribution in [0.1, 0.15) is 49.4 Å². The van der Waals surface area contributed by atoms with Crippen LogP contribution in [0.5, 0.6) is 0 Å². The Morgan fingerprint density at radius 3 is 2.39 bits per heavy atom. The fraction of sp³-hybridized carbons (Fsp3) is 0.565. The van der Waals surface area contributed by atoms with Crippen molar-refractivity contribution in [1.82, 2.24) is 0 Å². The smallest absolute Gasteiger partial charge is 0.337 e. The number of aryl methyl sites for hydroxylation is 3. The van der Waals surface area contributed by atoms with Crippen LogP contribution in [0, 0.1) is 18.8 Å². The standard InChI is InChI=1S/C23H30O5/c1-6-15-8-13(3)9-16(7-2)20(15)21-22(25)17-10-14(4)27-11-18(17)23(21)28-19(24)12-26-5/h8-9,14,17-18H,6-7,10-12H2,1-5H3. The number of allylic oxidation sites excluding steroid dienone is 1. The van der Waals surface area contributed by atoms with Crippen LogP contribution in [-0.4, -0.2) is 38.2 Å². The fourth-order valence-electron chi connectivity index (χ4n) is 4.48. The van der Waals surface area contributed by atoms with Gasteiger partial charge in [-0.3, -0.25) is 4.79 Å². The fourth-order valence-corrected chi connectivity index (χ4v) is 4.48. The first-order valence-electron chi connectivity index (χ1n) is 10.1. The largest absolute Gasteiger partial charge is 0.428 e. The van der Waals surface area contributed by atoms with Crippen LogP contribution in [0.2, 0.25) is 0 Å². The van der Waals surface area contributed by atoms with Crippen LogP contribution < -0.4 is 0 Å². The van der Waals surface area contributed by atoms with E-state index in [-0.39, 0.29) is 30.3 Å². The molecule has 0 amide bonds. The molecule has 0 spiro atoms. The van der Waals surface area contributed by atoms with Crippen molar-refractivity contribution in [2.75, 3.05) is 20.3 Å². The number of hydrogen-bond donors (Lipinski definition) is 0. The molecule has 1 saturated heterocycles. The van der Waals surface area contributed by atoms with Crippen molar-refractivity contribution in [2.45, 2.75) is 53.1 Å². The highest BCUT2D eigenvalue weighted by molar-refractivity contribution is 6.25. The van der Waals surface area contributed by atoms with Crippen LogP contribution in [-0.2, 0) is 36.6 Å². The minimum atomic E-state index is -0.481. The highest BCUT2D eigenvalue weighted by atomic mass is 16.6. The van der Waals surface area contributed by atoms with Gasteiger partial charge in [0.25, 0.3) is 0 Å².